The molecule has 8 aliphatic rings. The summed E-state index contributed by atoms with van der Waals surface area (Å²) in [5.41, 5.74) is 9.14. The predicted molar refractivity (Wildman–Crippen MR) is 464 cm³/mol. The van der Waals surface area contributed by atoms with E-state index in [9.17, 15) is 31.2 Å². The number of alkyl halides is 2. The number of fused-ring (bicyclic) bond motifs is 7. The van der Waals surface area contributed by atoms with E-state index in [0.29, 0.717) is 103 Å². The minimum Gasteiger partial charge on any atom is -0.477 e. The fourth-order valence-corrected chi connectivity index (χ4v) is 14.7. The number of ketones is 1. The molecule has 0 aliphatic carbocycles. The highest BCUT2D eigenvalue weighted by Crippen LogP contribution is 2.40. The van der Waals surface area contributed by atoms with Crippen molar-refractivity contribution in [3.8, 4) is 46.9 Å². The van der Waals surface area contributed by atoms with Crippen LogP contribution in [-0.4, -0.2) is 216 Å². The first-order chi connectivity index (χ1) is 58.0. The number of aliphatic hydroxyl groups is 1. The van der Waals surface area contributed by atoms with Gasteiger partial charge in [0, 0.05) is 107 Å². The van der Waals surface area contributed by atoms with Crippen molar-refractivity contribution < 1.29 is 88.6 Å². The van der Waals surface area contributed by atoms with Crippen LogP contribution in [0, 0.1) is 35.5 Å². The van der Waals surface area contributed by atoms with E-state index in [4.69, 9.17) is 121 Å². The number of azide groups is 1. The topological polar surface area (TPSA) is 534 Å². The number of aromatic nitrogens is 14. The monoisotopic (exact) mass is 1940 g/mol. The molecule has 0 fully saturated rings. The third kappa shape index (κ3) is 32.7. The fourth-order valence-electron chi connectivity index (χ4n) is 11.3. The molecule has 1 aromatic carbocycles. The van der Waals surface area contributed by atoms with Crippen molar-refractivity contribution in [2.24, 2.45) is 45.8 Å². The first kappa shape index (κ1) is 103. The third-order valence-electron chi connectivity index (χ3n) is 17.6. The number of nitrogens with two attached hydrogens (primary N) is 1. The molecule has 6 unspecified atom stereocenters. The van der Waals surface area contributed by atoms with Crippen LogP contribution in [0.2, 0.25) is 15.1 Å². The van der Waals surface area contributed by atoms with E-state index < -0.39 is 43.5 Å². The summed E-state index contributed by atoms with van der Waals surface area (Å²) in [6.45, 7) is 33.6. The van der Waals surface area contributed by atoms with E-state index in [1.165, 1.54) is 35.3 Å². The summed E-state index contributed by atoms with van der Waals surface area (Å²) < 4.78 is 114. The zero-order valence-electron chi connectivity index (χ0n) is 69.7. The number of carbonyl (C=O) groups is 3. The molecule has 16 rings (SSSR count). The van der Waals surface area contributed by atoms with Crippen LogP contribution < -0.4 is 64.6 Å². The van der Waals surface area contributed by atoms with Gasteiger partial charge in [-0.1, -0.05) is 66.9 Å². The summed E-state index contributed by atoms with van der Waals surface area (Å²) in [6, 6.07) is 10.0. The Morgan fingerprint density at radius 1 is 0.637 bits per heavy atom. The van der Waals surface area contributed by atoms with Gasteiger partial charge in [-0.3, -0.25) is 4.79 Å². The van der Waals surface area contributed by atoms with Gasteiger partial charge in [-0.25, -0.2) is 55.9 Å². The smallest absolute Gasteiger partial charge is 0.407 e. The number of allylic oxidation sites excluding steroid dienone is 1. The maximum Gasteiger partial charge on any atom is 0.407 e. The lowest BCUT2D eigenvalue weighted by atomic mass is 10.1. The molecule has 6 atom stereocenters. The lowest BCUT2D eigenvalue weighted by Gasteiger charge is -2.25. The lowest BCUT2D eigenvalue weighted by molar-refractivity contribution is -0.113. The Balaban J connectivity index is 0.000000221. The Labute approximate surface area is 751 Å². The van der Waals surface area contributed by atoms with Crippen molar-refractivity contribution >= 4 is 112 Å². The second-order valence-electron chi connectivity index (χ2n) is 30.1. The summed E-state index contributed by atoms with van der Waals surface area (Å²) in [5.74, 6) is 6.80. The SMILES string of the molecule is C=C(CCl)CCl.C=C1COc2ccnn2C1.CC(C)(C)OC(=O)NCC1COc2c(Br)cnn2C1.CC(C)(C)OC(=O)NCC1COc2ccnn2C1.CCC1COc2c(S(=O)(=O)Oc3c(Cl)cc(Cl)cc3Cl)cnn2C1.CCC1COc2c(S(N)(=O)=O)cnn2C1.N.O.O=C1C=CNC1.OCC1COc2ccnn2C1.[N-]=[N+]=NCC1COc2ccnn2C1. The molecule has 0 saturated heterocycles. The average Bonchev–Trinajstić information content (AvgIpc) is 1.57. The highest BCUT2D eigenvalue weighted by Gasteiger charge is 2.34. The van der Waals surface area contributed by atoms with E-state index in [1.807, 2.05) is 72.7 Å². The summed E-state index contributed by atoms with van der Waals surface area (Å²) >= 11 is 31.7. The van der Waals surface area contributed by atoms with Gasteiger partial charge in [0.15, 0.2) is 21.3 Å². The zero-order chi connectivity index (χ0) is 88.9. The fraction of sp³-hybridized carbons (Fsp3) is 0.520. The molecule has 8 aromatic rings. The van der Waals surface area contributed by atoms with E-state index in [2.05, 4.69) is 97.7 Å². The van der Waals surface area contributed by atoms with Gasteiger partial charge < -0.3 is 79.5 Å². The van der Waals surface area contributed by atoms with E-state index >= 15 is 0 Å². The number of amides is 2. The standard InChI is InChI=1S/C14H13Cl3N2O4S.C12H18BrN3O3.C12H19N3O3.C8H13N3O3S.C7H9N5O.C7H10N2O2.C7H8N2O.C4H6Cl2.C4H5NO.H3N.H2O/c1-2-8-6-19-14(22-7-8)12(5-18-19)24(20,21)23-13-10(16)3-9(15)4-11(13)17;1-12(2,3)19-11(17)14-4-8-6-16-10(18-7-8)9(13)5-15-16;1-12(2,3)18-11(16)13-6-9-7-15-10(17-8-9)4-5-14-15;1-2-6-4-11-8(14-5-6)7(3-10-11)15(9,12)13;8-11-9-3-6-4-12-7(13-5-6)1-2-10-12;10-4-6-3-9-7(11-5-6)1-2-8-9;1-6-4-9-7(10-5-6)2-3-8-9;1-4(2-5)3-6;6-4-1-2-5-3-4;;/h3-5,8H,2,6-7H2,1H3;5,8H,4,6-7H2,1-3H3,(H,14,17);4-5,9H,6-8H2,1-3H3,(H,13,16);3,6H,2,4-5H2,1H3,(H2,9,12,13);1-2,6H,3-5H2;1-2,6,10H,3-5H2;2-3H,1,4-5H2;1-3H2;1-2,5H,3H2;1H3;1H2. The molecule has 41 nitrogen and oxygen atoms in total. The van der Waals surface area contributed by atoms with Gasteiger partial charge in [-0.05, 0) is 105 Å². The van der Waals surface area contributed by atoms with Crippen LogP contribution in [0.1, 0.15) is 68.2 Å². The van der Waals surface area contributed by atoms with Crippen LogP contribution >= 0.6 is 73.9 Å². The molecular formula is C75H106BrCl5N22O19S2. The highest BCUT2D eigenvalue weighted by molar-refractivity contribution is 9.10. The average molecular weight is 1940 g/mol. The van der Waals surface area contributed by atoms with Crippen LogP contribution in [0.3, 0.4) is 0 Å². The molecule has 0 bridgehead atoms. The highest BCUT2D eigenvalue weighted by atomic mass is 79.9. The van der Waals surface area contributed by atoms with Crippen LogP contribution in [-0.2, 0) is 80.2 Å². The van der Waals surface area contributed by atoms with Crippen LogP contribution in [0.5, 0.6) is 46.9 Å². The van der Waals surface area contributed by atoms with Crippen molar-refractivity contribution in [2.45, 2.75) is 135 Å². The van der Waals surface area contributed by atoms with Gasteiger partial charge in [0.1, 0.15) is 17.8 Å². The zero-order valence-corrected chi connectivity index (χ0v) is 76.7. The maximum absolute atomic E-state index is 12.6. The van der Waals surface area contributed by atoms with Gasteiger partial charge in [0.2, 0.25) is 51.2 Å². The lowest BCUT2D eigenvalue weighted by Crippen LogP contribution is -2.39. The molecule has 7 aromatic heterocycles. The normalized spacial score (nSPS) is 18.1. The maximum atomic E-state index is 12.6. The van der Waals surface area contributed by atoms with E-state index in [0.717, 1.165) is 90.6 Å². The Morgan fingerprint density at radius 2 is 1.05 bits per heavy atom. The summed E-state index contributed by atoms with van der Waals surface area (Å²) in [4.78, 5) is 35.7. The number of aliphatic hydroxyl groups excluding tert-OH is 1. The number of halogens is 6. The second kappa shape index (κ2) is 49.3. The predicted octanol–water partition coefficient (Wildman–Crippen LogP) is 10.5. The van der Waals surface area contributed by atoms with E-state index in [-0.39, 0.29) is 96.0 Å². The molecule has 0 radical (unpaired) electrons. The molecule has 684 valence electrons. The third-order valence-corrected chi connectivity index (χ3v) is 21.8. The van der Waals surface area contributed by atoms with Gasteiger partial charge in [-0.15, -0.1) is 23.2 Å². The number of carbonyl (C=O) groups excluding carboxylic acids is 3. The minimum atomic E-state index is -4.21. The summed E-state index contributed by atoms with van der Waals surface area (Å²) in [7, 11) is -7.95. The molecule has 8 aliphatic heterocycles. The molecule has 11 N–H and O–H groups in total. The molecular weight excluding hydrogens is 1830 g/mol. The number of nitrogens with zero attached hydrogens (tertiary/aromatic N) is 17. The van der Waals surface area contributed by atoms with Crippen LogP contribution in [0.4, 0.5) is 9.59 Å². The van der Waals surface area contributed by atoms with Crippen LogP contribution in [0.25, 0.3) is 10.4 Å². The Kier molecular flexibility index (Phi) is 41.0. The minimum absolute atomic E-state index is 0. The number of alkyl carbamates (subject to hydrolysis) is 2. The van der Waals surface area contributed by atoms with Crippen molar-refractivity contribution in [1.29, 1.82) is 0 Å². The number of hydrogen-bond acceptors (Lipinski definition) is 28. The van der Waals surface area contributed by atoms with Crippen molar-refractivity contribution in [3.63, 3.8) is 0 Å². The first-order valence-electron chi connectivity index (χ1n) is 38.3. The van der Waals surface area contributed by atoms with Crippen molar-refractivity contribution in [2.75, 3.05) is 90.8 Å². The van der Waals surface area contributed by atoms with E-state index in [1.54, 1.807) is 65.3 Å². The molecule has 0 spiro atoms. The molecule has 0 saturated carbocycles. The number of sulfonamides is 1. The quantitative estimate of drug-likeness (QED) is 0.0139. The molecule has 15 heterocycles. The van der Waals surface area contributed by atoms with Gasteiger partial charge in [-0.2, -0.15) is 44.1 Å². The van der Waals surface area contributed by atoms with Gasteiger partial charge in [0.05, 0.1) is 157 Å². The Hall–Kier alpha value is -9.70. The number of benzene rings is 1. The van der Waals surface area contributed by atoms with Crippen molar-refractivity contribution in [3.05, 3.63) is 146 Å². The Morgan fingerprint density at radius 3 is 1.49 bits per heavy atom. The molecule has 49 heteroatoms. The molecule has 124 heavy (non-hydrogen) atoms. The van der Waals surface area contributed by atoms with Gasteiger partial charge in [0.25, 0.3) is 0 Å². The van der Waals surface area contributed by atoms with Crippen molar-refractivity contribution in [1.82, 2.24) is 90.6 Å². The first-order valence-corrected chi connectivity index (χ1v) is 44.3. The number of ether oxygens (including phenoxy) is 9. The van der Waals surface area contributed by atoms with Crippen LogP contribution in [0.15, 0.2) is 136 Å². The number of hydrogen-bond donors (Lipinski definition) is 6. The summed E-state index contributed by atoms with van der Waals surface area (Å²) in [5, 5.41) is 54.4. The summed E-state index contributed by atoms with van der Waals surface area (Å²) in [6.07, 6.45) is 15.3. The van der Waals surface area contributed by atoms with Gasteiger partial charge >= 0.3 is 22.3 Å². The number of rotatable bonds is 15. The second-order valence-corrected chi connectivity index (χ2v) is 35.8. The number of nitrogens with one attached hydrogen (secondary N) is 3. The number of primary sulfonamides is 1. The largest absolute Gasteiger partial charge is 0.477 e. The molecule has 2 amide bonds. The Bertz CT molecular complexity index is 5070.